The van der Waals surface area contributed by atoms with Crippen LogP contribution in [0.4, 0.5) is 0 Å². The molecule has 20 heavy (non-hydrogen) atoms. The second-order valence-corrected chi connectivity index (χ2v) is 4.68. The molecule has 2 rings (SSSR count). The molecule has 3 N–H and O–H groups in total. The first-order valence-electron chi connectivity index (χ1n) is 6.32. The number of nitrogen functional groups attached to an aromatic ring is 1. The van der Waals surface area contributed by atoms with Crippen molar-refractivity contribution in [2.24, 2.45) is 5.84 Å². The van der Waals surface area contributed by atoms with Gasteiger partial charge in [0, 0.05) is 5.56 Å². The van der Waals surface area contributed by atoms with Crippen molar-refractivity contribution >= 4 is 5.91 Å². The molecule has 0 spiro atoms. The number of hydrazine groups is 1. The number of ether oxygens (including phenoxy) is 1. The molecule has 0 bridgehead atoms. The molecule has 0 saturated carbocycles. The van der Waals surface area contributed by atoms with Crippen molar-refractivity contribution in [2.45, 2.75) is 27.4 Å². The molecule has 2 aromatic rings. The van der Waals surface area contributed by atoms with Crippen LogP contribution in [0, 0.1) is 20.8 Å². The minimum Gasteiger partial charge on any atom is -0.488 e. The van der Waals surface area contributed by atoms with E-state index in [9.17, 15) is 4.79 Å². The molecule has 0 saturated heterocycles. The summed E-state index contributed by atoms with van der Waals surface area (Å²) in [6, 6.07) is 7.63. The van der Waals surface area contributed by atoms with Crippen LogP contribution in [0.5, 0.6) is 5.75 Å². The maximum Gasteiger partial charge on any atom is 0.300 e. The Hall–Kier alpha value is -2.27. The standard InChI is InChI=1S/C15H18N2O3/c1-9-5-4-6-10(2)14(9)19-8-12-7-13(15(18)17-16)20-11(12)3/h4-7H,8,16H2,1-3H3,(H,17,18). The summed E-state index contributed by atoms with van der Waals surface area (Å²) >= 11 is 0. The Morgan fingerprint density at radius 1 is 1.30 bits per heavy atom. The van der Waals surface area contributed by atoms with E-state index < -0.39 is 5.91 Å². The van der Waals surface area contributed by atoms with E-state index in [1.165, 1.54) is 0 Å². The molecular weight excluding hydrogens is 256 g/mol. The number of nitrogens with one attached hydrogen (secondary N) is 1. The number of carbonyl (C=O) groups excluding carboxylic acids is 1. The first kappa shape index (κ1) is 14.1. The Kier molecular flexibility index (Phi) is 4.10. The van der Waals surface area contributed by atoms with Gasteiger partial charge >= 0.3 is 5.91 Å². The second kappa shape index (κ2) is 5.79. The fourth-order valence-electron chi connectivity index (χ4n) is 2.02. The van der Waals surface area contributed by atoms with Crippen LogP contribution in [0.1, 0.15) is 33.0 Å². The Balaban J connectivity index is 2.15. The molecule has 1 amide bonds. The van der Waals surface area contributed by atoms with Gasteiger partial charge in [0.15, 0.2) is 5.76 Å². The van der Waals surface area contributed by atoms with Crippen molar-refractivity contribution in [1.82, 2.24) is 5.43 Å². The third-order valence-electron chi connectivity index (χ3n) is 3.16. The van der Waals surface area contributed by atoms with Gasteiger partial charge in [0.05, 0.1) is 0 Å². The molecule has 0 aliphatic rings. The molecule has 1 aromatic heterocycles. The van der Waals surface area contributed by atoms with Crippen LogP contribution < -0.4 is 16.0 Å². The Morgan fingerprint density at radius 2 is 1.95 bits per heavy atom. The third-order valence-corrected chi connectivity index (χ3v) is 3.16. The summed E-state index contributed by atoms with van der Waals surface area (Å²) in [6.45, 7) is 6.13. The predicted octanol–water partition coefficient (Wildman–Crippen LogP) is 2.39. The zero-order valence-electron chi connectivity index (χ0n) is 11.8. The lowest BCUT2D eigenvalue weighted by molar-refractivity contribution is 0.0924. The summed E-state index contributed by atoms with van der Waals surface area (Å²) in [4.78, 5) is 11.4. The van der Waals surface area contributed by atoms with E-state index >= 15 is 0 Å². The van der Waals surface area contributed by atoms with Gasteiger partial charge in [-0.05, 0) is 38.0 Å². The highest BCUT2D eigenvalue weighted by molar-refractivity contribution is 5.91. The molecule has 5 nitrogen and oxygen atoms in total. The predicted molar refractivity (Wildman–Crippen MR) is 75.3 cm³/mol. The smallest absolute Gasteiger partial charge is 0.300 e. The van der Waals surface area contributed by atoms with Gasteiger partial charge in [-0.2, -0.15) is 0 Å². The zero-order chi connectivity index (χ0) is 14.7. The van der Waals surface area contributed by atoms with Gasteiger partial charge in [-0.3, -0.25) is 10.2 Å². The fourth-order valence-corrected chi connectivity index (χ4v) is 2.02. The molecule has 0 radical (unpaired) electrons. The van der Waals surface area contributed by atoms with Crippen molar-refractivity contribution in [1.29, 1.82) is 0 Å². The summed E-state index contributed by atoms with van der Waals surface area (Å²) in [6.07, 6.45) is 0. The highest BCUT2D eigenvalue weighted by Crippen LogP contribution is 2.24. The van der Waals surface area contributed by atoms with Gasteiger partial charge in [-0.15, -0.1) is 0 Å². The number of nitrogens with two attached hydrogens (primary N) is 1. The van der Waals surface area contributed by atoms with Crippen molar-refractivity contribution in [3.63, 3.8) is 0 Å². The van der Waals surface area contributed by atoms with Gasteiger partial charge < -0.3 is 9.15 Å². The van der Waals surface area contributed by atoms with Crippen molar-refractivity contribution in [3.8, 4) is 5.75 Å². The SMILES string of the molecule is Cc1cccc(C)c1OCc1cc(C(=O)NN)oc1C. The van der Waals surface area contributed by atoms with E-state index in [0.717, 1.165) is 22.4 Å². The number of furan rings is 1. The van der Waals surface area contributed by atoms with Crippen LogP contribution >= 0.6 is 0 Å². The Labute approximate surface area is 117 Å². The molecule has 0 aliphatic carbocycles. The molecule has 5 heteroatoms. The van der Waals surface area contributed by atoms with E-state index in [2.05, 4.69) is 0 Å². The fraction of sp³-hybridized carbons (Fsp3) is 0.267. The number of rotatable bonds is 4. The lowest BCUT2D eigenvalue weighted by Crippen LogP contribution is -2.29. The monoisotopic (exact) mass is 274 g/mol. The minimum atomic E-state index is -0.452. The Morgan fingerprint density at radius 3 is 2.55 bits per heavy atom. The quantitative estimate of drug-likeness (QED) is 0.510. The summed E-state index contributed by atoms with van der Waals surface area (Å²) in [5, 5.41) is 0. The maximum absolute atomic E-state index is 11.4. The summed E-state index contributed by atoms with van der Waals surface area (Å²) in [5.74, 6) is 6.32. The number of aryl methyl sites for hydroxylation is 3. The van der Waals surface area contributed by atoms with Crippen molar-refractivity contribution in [3.05, 3.63) is 52.5 Å². The van der Waals surface area contributed by atoms with Crippen LogP contribution in [-0.2, 0) is 6.61 Å². The van der Waals surface area contributed by atoms with Gasteiger partial charge in [-0.1, -0.05) is 18.2 Å². The van der Waals surface area contributed by atoms with Crippen LogP contribution in [0.25, 0.3) is 0 Å². The third kappa shape index (κ3) is 2.83. The molecule has 1 aromatic carbocycles. The maximum atomic E-state index is 11.4. The number of carbonyl (C=O) groups is 1. The van der Waals surface area contributed by atoms with Crippen LogP contribution in [0.3, 0.4) is 0 Å². The second-order valence-electron chi connectivity index (χ2n) is 4.68. The zero-order valence-corrected chi connectivity index (χ0v) is 11.8. The highest BCUT2D eigenvalue weighted by atomic mass is 16.5. The first-order valence-corrected chi connectivity index (χ1v) is 6.32. The lowest BCUT2D eigenvalue weighted by atomic mass is 10.1. The molecule has 0 unspecified atom stereocenters. The lowest BCUT2D eigenvalue weighted by Gasteiger charge is -2.11. The van der Waals surface area contributed by atoms with Crippen LogP contribution in [0.2, 0.25) is 0 Å². The average molecular weight is 274 g/mol. The van der Waals surface area contributed by atoms with Crippen molar-refractivity contribution in [2.75, 3.05) is 0 Å². The van der Waals surface area contributed by atoms with Crippen LogP contribution in [-0.4, -0.2) is 5.91 Å². The summed E-state index contributed by atoms with van der Waals surface area (Å²) in [5.41, 5.74) is 5.02. The van der Waals surface area contributed by atoms with E-state index in [1.807, 2.05) is 37.5 Å². The highest BCUT2D eigenvalue weighted by Gasteiger charge is 2.14. The number of hydrogen-bond acceptors (Lipinski definition) is 4. The molecular formula is C15H18N2O3. The molecule has 0 fully saturated rings. The van der Waals surface area contributed by atoms with Gasteiger partial charge in [0.1, 0.15) is 18.1 Å². The summed E-state index contributed by atoms with van der Waals surface area (Å²) < 4.78 is 11.2. The van der Waals surface area contributed by atoms with E-state index in [4.69, 9.17) is 15.0 Å². The number of benzene rings is 1. The normalized spacial score (nSPS) is 10.4. The van der Waals surface area contributed by atoms with Crippen LogP contribution in [0.15, 0.2) is 28.7 Å². The molecule has 0 atom stereocenters. The topological polar surface area (TPSA) is 77.5 Å². The van der Waals surface area contributed by atoms with Gasteiger partial charge in [-0.25, -0.2) is 5.84 Å². The molecule has 1 heterocycles. The Bertz CT molecular complexity index is 612. The molecule has 106 valence electrons. The van der Waals surface area contributed by atoms with E-state index in [1.54, 1.807) is 13.0 Å². The number of para-hydroxylation sites is 1. The summed E-state index contributed by atoms with van der Waals surface area (Å²) in [7, 11) is 0. The van der Waals surface area contributed by atoms with Gasteiger partial charge in [0.2, 0.25) is 0 Å². The number of amides is 1. The van der Waals surface area contributed by atoms with Crippen molar-refractivity contribution < 1.29 is 13.9 Å². The van der Waals surface area contributed by atoms with E-state index in [0.29, 0.717) is 12.4 Å². The molecule has 0 aliphatic heterocycles. The minimum absolute atomic E-state index is 0.185. The first-order chi connectivity index (χ1) is 9.52. The van der Waals surface area contributed by atoms with Gasteiger partial charge in [0.25, 0.3) is 0 Å². The average Bonchev–Trinajstić information content (AvgIpc) is 2.79. The number of hydrogen-bond donors (Lipinski definition) is 2. The van der Waals surface area contributed by atoms with E-state index in [-0.39, 0.29) is 5.76 Å². The largest absolute Gasteiger partial charge is 0.488 e.